The van der Waals surface area contributed by atoms with E-state index in [1.807, 2.05) is 0 Å². The maximum atomic E-state index is 13.2. The van der Waals surface area contributed by atoms with Gasteiger partial charge in [-0.25, -0.2) is 12.8 Å². The number of benzene rings is 1. The summed E-state index contributed by atoms with van der Waals surface area (Å²) in [5.74, 6) is -2.14. The summed E-state index contributed by atoms with van der Waals surface area (Å²) < 4.78 is 40.1. The molecule has 1 aliphatic rings. The Morgan fingerprint density at radius 3 is 2.55 bits per heavy atom. The molecular weight excluding hydrogens is 285 g/mol. The molecule has 2 N–H and O–H groups in total. The van der Waals surface area contributed by atoms with Crippen LogP contribution < -0.4 is 4.72 Å². The molecule has 7 heteroatoms. The molecule has 0 aromatic heterocycles. The summed E-state index contributed by atoms with van der Waals surface area (Å²) in [4.78, 5) is 11.1. The molecule has 20 heavy (non-hydrogen) atoms. The van der Waals surface area contributed by atoms with Crippen LogP contribution in [0.15, 0.2) is 23.1 Å². The molecule has 1 unspecified atom stereocenters. The van der Waals surface area contributed by atoms with E-state index in [9.17, 15) is 22.7 Å². The normalized spacial score (nSPS) is 18.6. The van der Waals surface area contributed by atoms with Crippen LogP contribution in [-0.4, -0.2) is 25.0 Å². The zero-order valence-corrected chi connectivity index (χ0v) is 12.0. The van der Waals surface area contributed by atoms with Gasteiger partial charge in [0, 0.05) is 0 Å². The van der Waals surface area contributed by atoms with Gasteiger partial charge in [-0.3, -0.25) is 4.79 Å². The van der Waals surface area contributed by atoms with Gasteiger partial charge in [0.1, 0.15) is 11.4 Å². The molecule has 0 bridgehead atoms. The molecule has 0 aliphatic heterocycles. The number of carboxylic acid groups (broad SMARTS) is 1. The average molecular weight is 301 g/mol. The first-order valence-corrected chi connectivity index (χ1v) is 7.68. The first kappa shape index (κ1) is 14.9. The number of rotatable bonds is 5. The summed E-state index contributed by atoms with van der Waals surface area (Å²) in [7, 11) is -4.09. The summed E-state index contributed by atoms with van der Waals surface area (Å²) in [6.45, 7) is 2.88. The second kappa shape index (κ2) is 4.82. The lowest BCUT2D eigenvalue weighted by Gasteiger charge is -2.26. The highest BCUT2D eigenvalue weighted by atomic mass is 32.2. The van der Waals surface area contributed by atoms with Gasteiger partial charge < -0.3 is 5.11 Å². The van der Waals surface area contributed by atoms with Gasteiger partial charge in [0.2, 0.25) is 10.0 Å². The highest BCUT2D eigenvalue weighted by molar-refractivity contribution is 7.89. The van der Waals surface area contributed by atoms with Gasteiger partial charge in [0.05, 0.1) is 4.90 Å². The molecule has 5 nitrogen and oxygen atoms in total. The van der Waals surface area contributed by atoms with E-state index in [2.05, 4.69) is 4.72 Å². The van der Waals surface area contributed by atoms with Gasteiger partial charge in [0.15, 0.2) is 0 Å². The molecule has 1 fully saturated rings. The third kappa shape index (κ3) is 2.69. The van der Waals surface area contributed by atoms with Crippen LogP contribution in [0.2, 0.25) is 0 Å². The summed E-state index contributed by atoms with van der Waals surface area (Å²) in [6, 6.07) is 3.40. The Hall–Kier alpha value is -1.47. The standard InChI is InChI=1S/C13H16FNO4S/c1-8-3-6-10(14)7-11(8)20(18,19)15-13(2,12(16)17)9-4-5-9/h3,6-7,9,15H,4-5H2,1-2H3,(H,16,17). The fourth-order valence-electron chi connectivity index (χ4n) is 2.16. The quantitative estimate of drug-likeness (QED) is 0.866. The molecule has 0 amide bonds. The number of sulfonamides is 1. The van der Waals surface area contributed by atoms with Crippen molar-refractivity contribution in [3.63, 3.8) is 0 Å². The molecule has 0 spiro atoms. The van der Waals surface area contributed by atoms with Crippen LogP contribution in [0.25, 0.3) is 0 Å². The van der Waals surface area contributed by atoms with Crippen molar-refractivity contribution < 1.29 is 22.7 Å². The number of hydrogen-bond donors (Lipinski definition) is 2. The Morgan fingerprint density at radius 1 is 1.45 bits per heavy atom. The lowest BCUT2D eigenvalue weighted by molar-refractivity contribution is -0.144. The van der Waals surface area contributed by atoms with E-state index in [0.717, 1.165) is 12.1 Å². The summed E-state index contributed by atoms with van der Waals surface area (Å²) in [5.41, 5.74) is -1.19. The van der Waals surface area contributed by atoms with Crippen molar-refractivity contribution in [1.82, 2.24) is 4.72 Å². The van der Waals surface area contributed by atoms with Crippen LogP contribution in [0.3, 0.4) is 0 Å². The predicted molar refractivity (Wildman–Crippen MR) is 70.2 cm³/mol. The SMILES string of the molecule is Cc1ccc(F)cc1S(=O)(=O)NC(C)(C(=O)O)C1CC1. The number of aliphatic carboxylic acids is 1. The second-order valence-corrected chi connectivity index (χ2v) is 6.95. The first-order valence-electron chi connectivity index (χ1n) is 6.20. The van der Waals surface area contributed by atoms with Gasteiger partial charge in [0.25, 0.3) is 0 Å². The minimum absolute atomic E-state index is 0.231. The average Bonchev–Trinajstić information content (AvgIpc) is 3.15. The summed E-state index contributed by atoms with van der Waals surface area (Å²) in [5, 5.41) is 9.28. The Kier molecular flexibility index (Phi) is 3.60. The number of aryl methyl sites for hydroxylation is 1. The highest BCUT2D eigenvalue weighted by Gasteiger charge is 2.50. The van der Waals surface area contributed by atoms with Crippen LogP contribution in [0.1, 0.15) is 25.3 Å². The zero-order valence-electron chi connectivity index (χ0n) is 11.2. The van der Waals surface area contributed by atoms with Gasteiger partial charge in [-0.15, -0.1) is 0 Å². The predicted octanol–water partition coefficient (Wildman–Crippen LogP) is 1.67. The molecule has 2 rings (SSSR count). The van der Waals surface area contributed by atoms with Crippen molar-refractivity contribution in [2.75, 3.05) is 0 Å². The lowest BCUT2D eigenvalue weighted by Crippen LogP contribution is -2.53. The largest absolute Gasteiger partial charge is 0.480 e. The maximum Gasteiger partial charge on any atom is 0.324 e. The monoisotopic (exact) mass is 301 g/mol. The lowest BCUT2D eigenvalue weighted by atomic mass is 9.98. The second-order valence-electron chi connectivity index (χ2n) is 5.30. The number of hydrogen-bond acceptors (Lipinski definition) is 3. The molecule has 1 atom stereocenters. The van der Waals surface area contributed by atoms with Gasteiger partial charge in [-0.05, 0) is 50.3 Å². The van der Waals surface area contributed by atoms with E-state index in [-0.39, 0.29) is 10.8 Å². The van der Waals surface area contributed by atoms with Crippen LogP contribution in [0.4, 0.5) is 4.39 Å². The van der Waals surface area contributed by atoms with E-state index >= 15 is 0 Å². The fourth-order valence-corrected chi connectivity index (χ4v) is 3.84. The number of carboxylic acids is 1. The zero-order chi connectivity index (χ0) is 15.1. The number of carbonyl (C=O) groups is 1. The maximum absolute atomic E-state index is 13.2. The van der Waals surface area contributed by atoms with Crippen molar-refractivity contribution >= 4 is 16.0 Å². The van der Waals surface area contributed by atoms with E-state index in [1.54, 1.807) is 0 Å². The van der Waals surface area contributed by atoms with Crippen LogP contribution in [-0.2, 0) is 14.8 Å². The molecule has 0 heterocycles. The van der Waals surface area contributed by atoms with Crippen molar-refractivity contribution in [2.45, 2.75) is 37.1 Å². The molecule has 1 aromatic rings. The topological polar surface area (TPSA) is 83.5 Å². The fraction of sp³-hybridized carbons (Fsp3) is 0.462. The smallest absolute Gasteiger partial charge is 0.324 e. The molecule has 1 aromatic carbocycles. The summed E-state index contributed by atoms with van der Waals surface area (Å²) in [6.07, 6.45) is 1.32. The Morgan fingerprint density at radius 2 is 2.05 bits per heavy atom. The Balaban J connectivity index is 2.40. The highest BCUT2D eigenvalue weighted by Crippen LogP contribution is 2.40. The number of halogens is 1. The summed E-state index contributed by atoms with van der Waals surface area (Å²) >= 11 is 0. The van der Waals surface area contributed by atoms with Gasteiger partial charge in [-0.2, -0.15) is 4.72 Å². The van der Waals surface area contributed by atoms with Crippen molar-refractivity contribution in [2.24, 2.45) is 5.92 Å². The van der Waals surface area contributed by atoms with Crippen LogP contribution in [0.5, 0.6) is 0 Å². The van der Waals surface area contributed by atoms with E-state index in [1.165, 1.54) is 19.9 Å². The van der Waals surface area contributed by atoms with Gasteiger partial charge in [-0.1, -0.05) is 6.07 Å². The third-order valence-electron chi connectivity index (χ3n) is 3.62. The number of nitrogens with one attached hydrogen (secondary N) is 1. The molecule has 110 valence electrons. The van der Waals surface area contributed by atoms with Crippen molar-refractivity contribution in [3.8, 4) is 0 Å². The van der Waals surface area contributed by atoms with Crippen molar-refractivity contribution in [3.05, 3.63) is 29.6 Å². The van der Waals surface area contributed by atoms with E-state index in [4.69, 9.17) is 0 Å². The Bertz CT molecular complexity index is 654. The van der Waals surface area contributed by atoms with E-state index < -0.39 is 27.3 Å². The molecule has 0 radical (unpaired) electrons. The van der Waals surface area contributed by atoms with Gasteiger partial charge >= 0.3 is 5.97 Å². The van der Waals surface area contributed by atoms with Crippen LogP contribution in [0, 0.1) is 18.7 Å². The minimum atomic E-state index is -4.09. The van der Waals surface area contributed by atoms with Crippen LogP contribution >= 0.6 is 0 Å². The molecule has 0 saturated heterocycles. The molecule has 1 aliphatic carbocycles. The third-order valence-corrected chi connectivity index (χ3v) is 5.34. The Labute approximate surface area is 116 Å². The minimum Gasteiger partial charge on any atom is -0.480 e. The first-order chi connectivity index (χ1) is 9.17. The van der Waals surface area contributed by atoms with Crippen molar-refractivity contribution in [1.29, 1.82) is 0 Å². The molecular formula is C13H16FNO4S. The van der Waals surface area contributed by atoms with E-state index in [0.29, 0.717) is 18.4 Å². The molecule has 1 saturated carbocycles.